The Morgan fingerprint density at radius 3 is 2.83 bits per heavy atom. The summed E-state index contributed by atoms with van der Waals surface area (Å²) in [7, 11) is 0. The standard InChI is InChI=1S/C9H6ClFS/c10-9(11)7-5-12-8-4-2-1-3-6(7)8/h1-5,9H. The Labute approximate surface area is 78.6 Å². The second kappa shape index (κ2) is 3.04. The molecule has 2 aromatic rings. The molecule has 0 saturated heterocycles. The Kier molecular flexibility index (Phi) is 2.03. The molecule has 1 atom stereocenters. The molecule has 1 aromatic carbocycles. The van der Waals surface area contributed by atoms with Crippen molar-refractivity contribution in [3.63, 3.8) is 0 Å². The van der Waals surface area contributed by atoms with Gasteiger partial charge in [0.05, 0.1) is 0 Å². The van der Waals surface area contributed by atoms with Crippen molar-refractivity contribution in [1.29, 1.82) is 0 Å². The van der Waals surface area contributed by atoms with E-state index in [4.69, 9.17) is 11.6 Å². The van der Waals surface area contributed by atoms with E-state index in [1.165, 1.54) is 11.3 Å². The monoisotopic (exact) mass is 200 g/mol. The zero-order chi connectivity index (χ0) is 8.55. The van der Waals surface area contributed by atoms with E-state index in [0.29, 0.717) is 5.56 Å². The van der Waals surface area contributed by atoms with E-state index in [2.05, 4.69) is 0 Å². The van der Waals surface area contributed by atoms with Crippen LogP contribution in [0, 0.1) is 0 Å². The minimum atomic E-state index is -1.39. The summed E-state index contributed by atoms with van der Waals surface area (Å²) < 4.78 is 13.8. The second-order valence-electron chi connectivity index (χ2n) is 2.49. The van der Waals surface area contributed by atoms with Crippen molar-refractivity contribution < 1.29 is 4.39 Å². The lowest BCUT2D eigenvalue weighted by Crippen LogP contribution is -1.77. The average molecular weight is 201 g/mol. The molecule has 0 N–H and O–H groups in total. The van der Waals surface area contributed by atoms with E-state index in [0.717, 1.165) is 10.1 Å². The van der Waals surface area contributed by atoms with Crippen molar-refractivity contribution in [2.45, 2.75) is 5.63 Å². The molecule has 1 heterocycles. The fraction of sp³-hybridized carbons (Fsp3) is 0.111. The van der Waals surface area contributed by atoms with Crippen LogP contribution in [0.2, 0.25) is 0 Å². The first-order valence-corrected chi connectivity index (χ1v) is 4.85. The van der Waals surface area contributed by atoms with Gasteiger partial charge in [0.1, 0.15) is 0 Å². The van der Waals surface area contributed by atoms with E-state index in [1.807, 2.05) is 24.3 Å². The van der Waals surface area contributed by atoms with Gasteiger partial charge in [-0.05, 0) is 16.8 Å². The van der Waals surface area contributed by atoms with E-state index in [-0.39, 0.29) is 0 Å². The van der Waals surface area contributed by atoms with Crippen LogP contribution in [0.25, 0.3) is 10.1 Å². The number of rotatable bonds is 1. The molecule has 0 radical (unpaired) electrons. The maximum absolute atomic E-state index is 12.8. The average Bonchev–Trinajstić information content (AvgIpc) is 2.47. The molecule has 2 rings (SSSR count). The summed E-state index contributed by atoms with van der Waals surface area (Å²) in [5.41, 5.74) is -0.807. The molecule has 1 unspecified atom stereocenters. The van der Waals surface area contributed by atoms with Crippen molar-refractivity contribution in [3.8, 4) is 0 Å². The first-order chi connectivity index (χ1) is 5.79. The van der Waals surface area contributed by atoms with Crippen LogP contribution in [0.15, 0.2) is 29.6 Å². The van der Waals surface area contributed by atoms with Gasteiger partial charge in [-0.15, -0.1) is 11.3 Å². The lowest BCUT2D eigenvalue weighted by atomic mass is 10.2. The predicted octanol–water partition coefficient (Wildman–Crippen LogP) is 4.11. The van der Waals surface area contributed by atoms with Crippen LogP contribution in [-0.2, 0) is 0 Å². The summed E-state index contributed by atoms with van der Waals surface area (Å²) in [6.45, 7) is 0. The molecule has 3 heteroatoms. The highest BCUT2D eigenvalue weighted by Crippen LogP contribution is 2.33. The van der Waals surface area contributed by atoms with Gasteiger partial charge in [-0.25, -0.2) is 4.39 Å². The summed E-state index contributed by atoms with van der Waals surface area (Å²) in [6, 6.07) is 7.67. The normalized spacial score (nSPS) is 13.5. The Bertz CT molecular complexity index is 394. The number of thiophene rings is 1. The lowest BCUT2D eigenvalue weighted by molar-refractivity contribution is 0.464. The van der Waals surface area contributed by atoms with Crippen molar-refractivity contribution in [2.24, 2.45) is 0 Å². The zero-order valence-electron chi connectivity index (χ0n) is 6.13. The molecule has 0 fully saturated rings. The molecular formula is C9H6ClFS. The topological polar surface area (TPSA) is 0 Å². The maximum Gasteiger partial charge on any atom is 0.200 e. The molecule has 62 valence electrons. The molecule has 0 spiro atoms. The van der Waals surface area contributed by atoms with Crippen molar-refractivity contribution in [3.05, 3.63) is 35.2 Å². The van der Waals surface area contributed by atoms with Gasteiger partial charge >= 0.3 is 0 Å². The van der Waals surface area contributed by atoms with Gasteiger partial charge in [0.15, 0.2) is 5.63 Å². The van der Waals surface area contributed by atoms with Crippen molar-refractivity contribution >= 4 is 33.0 Å². The van der Waals surface area contributed by atoms with Crippen LogP contribution >= 0.6 is 22.9 Å². The third-order valence-corrected chi connectivity index (χ3v) is 2.96. The van der Waals surface area contributed by atoms with Crippen molar-refractivity contribution in [1.82, 2.24) is 0 Å². The number of hydrogen-bond donors (Lipinski definition) is 0. The molecule has 12 heavy (non-hydrogen) atoms. The summed E-state index contributed by atoms with van der Waals surface area (Å²) in [4.78, 5) is 0. The highest BCUT2D eigenvalue weighted by Gasteiger charge is 2.10. The fourth-order valence-electron chi connectivity index (χ4n) is 1.17. The third-order valence-electron chi connectivity index (χ3n) is 1.75. The molecule has 0 saturated carbocycles. The third kappa shape index (κ3) is 1.21. The van der Waals surface area contributed by atoms with E-state index >= 15 is 0 Å². The van der Waals surface area contributed by atoms with Crippen LogP contribution in [0.5, 0.6) is 0 Å². The first kappa shape index (κ1) is 8.02. The van der Waals surface area contributed by atoms with Gasteiger partial charge in [0.2, 0.25) is 0 Å². The summed E-state index contributed by atoms with van der Waals surface area (Å²) in [5.74, 6) is 0. The molecule has 0 aliphatic carbocycles. The number of alkyl halides is 2. The van der Waals surface area contributed by atoms with Crippen molar-refractivity contribution in [2.75, 3.05) is 0 Å². The minimum Gasteiger partial charge on any atom is -0.225 e. The van der Waals surface area contributed by atoms with Crippen LogP contribution in [-0.4, -0.2) is 0 Å². The highest BCUT2D eigenvalue weighted by atomic mass is 35.5. The van der Waals surface area contributed by atoms with Crippen LogP contribution < -0.4 is 0 Å². The molecule has 1 aromatic heterocycles. The number of benzene rings is 1. The van der Waals surface area contributed by atoms with Gasteiger partial charge in [0, 0.05) is 10.3 Å². The van der Waals surface area contributed by atoms with Gasteiger partial charge in [0.25, 0.3) is 0 Å². The van der Waals surface area contributed by atoms with Gasteiger partial charge in [-0.3, -0.25) is 0 Å². The SMILES string of the molecule is FC(Cl)c1csc2ccccc12. The number of halogens is 2. The Hall–Kier alpha value is -0.600. The quantitative estimate of drug-likeness (QED) is 0.608. The van der Waals surface area contributed by atoms with Gasteiger partial charge < -0.3 is 0 Å². The number of hydrogen-bond acceptors (Lipinski definition) is 1. The largest absolute Gasteiger partial charge is 0.225 e. The molecule has 0 nitrogen and oxygen atoms in total. The fourth-order valence-corrected chi connectivity index (χ4v) is 2.39. The smallest absolute Gasteiger partial charge is 0.200 e. The molecule has 0 amide bonds. The predicted molar refractivity (Wildman–Crippen MR) is 51.5 cm³/mol. The molecule has 0 bridgehead atoms. The van der Waals surface area contributed by atoms with E-state index in [1.54, 1.807) is 5.38 Å². The Morgan fingerprint density at radius 2 is 2.08 bits per heavy atom. The van der Waals surface area contributed by atoms with Crippen LogP contribution in [0.1, 0.15) is 11.2 Å². The minimum absolute atomic E-state index is 0.581. The maximum atomic E-state index is 12.8. The Morgan fingerprint density at radius 1 is 1.33 bits per heavy atom. The number of fused-ring (bicyclic) bond motifs is 1. The molecular weight excluding hydrogens is 195 g/mol. The second-order valence-corrected chi connectivity index (χ2v) is 3.78. The summed E-state index contributed by atoms with van der Waals surface area (Å²) in [5, 5.41) is 2.69. The molecule has 0 aliphatic heterocycles. The van der Waals surface area contributed by atoms with E-state index in [9.17, 15) is 4.39 Å². The summed E-state index contributed by atoms with van der Waals surface area (Å²) >= 11 is 6.88. The van der Waals surface area contributed by atoms with Gasteiger partial charge in [-0.2, -0.15) is 0 Å². The Balaban J connectivity index is 2.70. The van der Waals surface area contributed by atoms with Crippen LogP contribution in [0.4, 0.5) is 4.39 Å². The lowest BCUT2D eigenvalue weighted by Gasteiger charge is -1.95. The van der Waals surface area contributed by atoms with E-state index < -0.39 is 5.63 Å². The van der Waals surface area contributed by atoms with Crippen LogP contribution in [0.3, 0.4) is 0 Å². The molecule has 0 aliphatic rings. The highest BCUT2D eigenvalue weighted by molar-refractivity contribution is 7.17. The van der Waals surface area contributed by atoms with Gasteiger partial charge in [-0.1, -0.05) is 29.8 Å². The zero-order valence-corrected chi connectivity index (χ0v) is 7.70. The first-order valence-electron chi connectivity index (χ1n) is 3.53. The summed E-state index contributed by atoms with van der Waals surface area (Å²) in [6.07, 6.45) is 0.